The lowest BCUT2D eigenvalue weighted by Crippen LogP contribution is -2.43. The van der Waals surface area contributed by atoms with Gasteiger partial charge in [0.25, 0.3) is 0 Å². The smallest absolute Gasteiger partial charge is 0.237 e. The van der Waals surface area contributed by atoms with E-state index in [9.17, 15) is 9.59 Å². The Kier molecular flexibility index (Phi) is 6.78. The van der Waals surface area contributed by atoms with Crippen molar-refractivity contribution in [1.82, 2.24) is 49.5 Å². The number of H-pyrrole nitrogens is 1. The zero-order chi connectivity index (χ0) is 31.4. The minimum Gasteiger partial charge on any atom is -0.338 e. The molecule has 2 amide bonds. The van der Waals surface area contributed by atoms with Gasteiger partial charge in [-0.3, -0.25) is 33.9 Å². The molecular formula is C33H35N11O2. The topological polar surface area (TPSA) is 134 Å². The molecule has 1 aromatic carbocycles. The van der Waals surface area contributed by atoms with E-state index in [2.05, 4.69) is 48.5 Å². The Hall–Kier alpha value is -5.17. The maximum atomic E-state index is 13.9. The number of hydrogen-bond donors (Lipinski definition) is 1. The van der Waals surface area contributed by atoms with Crippen molar-refractivity contribution < 1.29 is 9.59 Å². The SMILES string of the molecule is Cn1ccc(-c2n[nH]c3ccc(N4CC[C@]5(CCN(CC(=O)N6CC=C(c7ccc(-c8ncn(C)n8)cc7)CC6)C5)C4=O)nc23)n1. The van der Waals surface area contributed by atoms with Crippen LogP contribution in [0.3, 0.4) is 0 Å². The van der Waals surface area contributed by atoms with E-state index in [1.165, 1.54) is 5.57 Å². The molecule has 0 aliphatic carbocycles. The average Bonchev–Trinajstić information content (AvgIpc) is 3.91. The molecule has 234 valence electrons. The van der Waals surface area contributed by atoms with Crippen molar-refractivity contribution in [2.75, 3.05) is 44.2 Å². The lowest BCUT2D eigenvalue weighted by molar-refractivity contribution is -0.132. The number of carbonyl (C=O) groups excluding carboxylic acids is 2. The fraction of sp³-hybridized carbons (Fsp3) is 0.364. The van der Waals surface area contributed by atoms with E-state index >= 15 is 0 Å². The summed E-state index contributed by atoms with van der Waals surface area (Å²) in [6.45, 7) is 3.53. The van der Waals surface area contributed by atoms with Gasteiger partial charge in [0.2, 0.25) is 11.8 Å². The molecule has 13 nitrogen and oxygen atoms in total. The summed E-state index contributed by atoms with van der Waals surface area (Å²) < 4.78 is 3.42. The Balaban J connectivity index is 0.893. The van der Waals surface area contributed by atoms with Crippen LogP contribution in [0, 0.1) is 5.41 Å². The highest BCUT2D eigenvalue weighted by Crippen LogP contribution is 2.42. The van der Waals surface area contributed by atoms with Crippen LogP contribution >= 0.6 is 0 Å². The van der Waals surface area contributed by atoms with Gasteiger partial charge < -0.3 is 4.90 Å². The first kappa shape index (κ1) is 28.3. The molecule has 8 rings (SSSR count). The second kappa shape index (κ2) is 11.0. The summed E-state index contributed by atoms with van der Waals surface area (Å²) in [5.74, 6) is 1.54. The highest BCUT2D eigenvalue weighted by atomic mass is 16.2. The number of aromatic amines is 1. The molecule has 2 saturated heterocycles. The summed E-state index contributed by atoms with van der Waals surface area (Å²) in [7, 11) is 3.72. The molecule has 7 heterocycles. The highest BCUT2D eigenvalue weighted by molar-refractivity contribution is 6.01. The number of nitrogens with one attached hydrogen (secondary N) is 1. The van der Waals surface area contributed by atoms with Gasteiger partial charge in [-0.15, -0.1) is 0 Å². The molecule has 0 bridgehead atoms. The fourth-order valence-electron chi connectivity index (χ4n) is 7.02. The standard InChI is InChI=1S/C33H35N11O2/c1-40-14-11-26(38-40)30-29-25(36-37-30)7-8-27(35-29)44-18-13-33(32(44)46)12-17-42(20-33)19-28(45)43-15-9-23(10-16-43)22-3-5-24(6-4-22)31-34-21-41(2)39-31/h3-9,11,14,21H,10,12-13,15-20H2,1-2H3,(H,36,37)/t33-/m0/s1. The number of carbonyl (C=O) groups is 2. The van der Waals surface area contributed by atoms with Crippen molar-refractivity contribution in [1.29, 1.82) is 0 Å². The molecule has 5 aromatic rings. The summed E-state index contributed by atoms with van der Waals surface area (Å²) in [4.78, 5) is 42.3. The van der Waals surface area contributed by atoms with Gasteiger partial charge in [0.1, 0.15) is 29.0 Å². The van der Waals surface area contributed by atoms with E-state index in [0.717, 1.165) is 48.1 Å². The molecule has 3 aliphatic rings. The predicted molar refractivity (Wildman–Crippen MR) is 172 cm³/mol. The van der Waals surface area contributed by atoms with Gasteiger partial charge >= 0.3 is 0 Å². The van der Waals surface area contributed by atoms with Crippen LogP contribution in [-0.2, 0) is 23.7 Å². The number of likely N-dealkylation sites (tertiary alicyclic amines) is 1. The van der Waals surface area contributed by atoms with Crippen molar-refractivity contribution >= 4 is 34.2 Å². The first-order chi connectivity index (χ1) is 22.3. The minimum absolute atomic E-state index is 0.0903. The van der Waals surface area contributed by atoms with Crippen molar-refractivity contribution in [3.8, 4) is 22.8 Å². The summed E-state index contributed by atoms with van der Waals surface area (Å²) in [5.41, 5.74) is 5.79. The lowest BCUT2D eigenvalue weighted by atomic mass is 9.85. The Morgan fingerprint density at radius 2 is 1.78 bits per heavy atom. The number of nitrogens with zero attached hydrogens (tertiary/aromatic N) is 10. The van der Waals surface area contributed by atoms with E-state index in [-0.39, 0.29) is 11.8 Å². The van der Waals surface area contributed by atoms with E-state index < -0.39 is 5.41 Å². The summed E-state index contributed by atoms with van der Waals surface area (Å²) in [6.07, 6.45) is 8.02. The predicted octanol–water partition coefficient (Wildman–Crippen LogP) is 2.90. The molecule has 4 aromatic heterocycles. The van der Waals surface area contributed by atoms with Crippen LogP contribution in [0.2, 0.25) is 0 Å². The molecule has 0 unspecified atom stereocenters. The summed E-state index contributed by atoms with van der Waals surface area (Å²) >= 11 is 0. The lowest BCUT2D eigenvalue weighted by Gasteiger charge is -2.29. The largest absolute Gasteiger partial charge is 0.338 e. The highest BCUT2D eigenvalue weighted by Gasteiger charge is 2.51. The average molecular weight is 618 g/mol. The number of rotatable bonds is 6. The zero-order valence-corrected chi connectivity index (χ0v) is 25.9. The van der Waals surface area contributed by atoms with Crippen LogP contribution < -0.4 is 4.90 Å². The molecular weight excluding hydrogens is 582 g/mol. The molecule has 0 saturated carbocycles. The molecule has 1 spiro atoms. The Labute approximate surface area is 265 Å². The fourth-order valence-corrected chi connectivity index (χ4v) is 7.02. The number of aromatic nitrogens is 8. The molecule has 46 heavy (non-hydrogen) atoms. The van der Waals surface area contributed by atoms with Gasteiger partial charge in [-0.05, 0) is 55.1 Å². The molecule has 13 heteroatoms. The van der Waals surface area contributed by atoms with Gasteiger partial charge in [-0.25, -0.2) is 9.97 Å². The number of anilines is 1. The van der Waals surface area contributed by atoms with Crippen molar-refractivity contribution in [2.24, 2.45) is 19.5 Å². The second-order valence-corrected chi connectivity index (χ2v) is 12.6. The van der Waals surface area contributed by atoms with Gasteiger partial charge in [0.15, 0.2) is 5.82 Å². The number of hydrogen-bond acceptors (Lipinski definition) is 8. The second-order valence-electron chi connectivity index (χ2n) is 12.6. The van der Waals surface area contributed by atoms with Crippen molar-refractivity contribution in [2.45, 2.75) is 19.3 Å². The van der Waals surface area contributed by atoms with Crippen LogP contribution in [0.15, 0.2) is 61.1 Å². The maximum absolute atomic E-state index is 13.9. The van der Waals surface area contributed by atoms with E-state index in [1.807, 2.05) is 55.5 Å². The Bertz CT molecular complexity index is 1990. The Morgan fingerprint density at radius 1 is 0.957 bits per heavy atom. The van der Waals surface area contributed by atoms with E-state index in [0.29, 0.717) is 55.6 Å². The molecule has 1 atom stereocenters. The summed E-state index contributed by atoms with van der Waals surface area (Å²) in [6, 6.07) is 14.0. The molecule has 0 radical (unpaired) electrons. The minimum atomic E-state index is -0.483. The van der Waals surface area contributed by atoms with Crippen LogP contribution in [-0.4, -0.2) is 101 Å². The zero-order valence-electron chi connectivity index (χ0n) is 25.9. The van der Waals surface area contributed by atoms with Gasteiger partial charge in [0, 0.05) is 52.0 Å². The Morgan fingerprint density at radius 3 is 2.52 bits per heavy atom. The number of aryl methyl sites for hydroxylation is 2. The van der Waals surface area contributed by atoms with Gasteiger partial charge in [-0.2, -0.15) is 15.3 Å². The maximum Gasteiger partial charge on any atom is 0.237 e. The molecule has 2 fully saturated rings. The van der Waals surface area contributed by atoms with Crippen molar-refractivity contribution in [3.05, 3.63) is 66.6 Å². The van der Waals surface area contributed by atoms with Gasteiger partial charge in [-0.1, -0.05) is 30.3 Å². The normalized spacial score (nSPS) is 20.4. The summed E-state index contributed by atoms with van der Waals surface area (Å²) in [5, 5.41) is 16.3. The van der Waals surface area contributed by atoms with Gasteiger partial charge in [0.05, 0.1) is 17.5 Å². The number of pyridine rings is 1. The third-order valence-electron chi connectivity index (χ3n) is 9.61. The number of amides is 2. The third-order valence-corrected chi connectivity index (χ3v) is 9.61. The molecule has 1 N–H and O–H groups in total. The van der Waals surface area contributed by atoms with Crippen molar-refractivity contribution in [3.63, 3.8) is 0 Å². The molecule has 3 aliphatic heterocycles. The quantitative estimate of drug-likeness (QED) is 0.308. The monoisotopic (exact) mass is 617 g/mol. The van der Waals surface area contributed by atoms with E-state index in [4.69, 9.17) is 4.98 Å². The van der Waals surface area contributed by atoms with Crippen LogP contribution in [0.4, 0.5) is 5.82 Å². The van der Waals surface area contributed by atoms with Crippen LogP contribution in [0.1, 0.15) is 24.8 Å². The number of fused-ring (bicyclic) bond motifs is 1. The first-order valence-corrected chi connectivity index (χ1v) is 15.7. The first-order valence-electron chi connectivity index (χ1n) is 15.7. The van der Waals surface area contributed by atoms with Crippen LogP contribution in [0.25, 0.3) is 39.4 Å². The van der Waals surface area contributed by atoms with E-state index in [1.54, 1.807) is 20.6 Å². The number of benzene rings is 1. The third kappa shape index (κ3) is 4.96. The van der Waals surface area contributed by atoms with Crippen LogP contribution in [0.5, 0.6) is 0 Å².